The zero-order valence-corrected chi connectivity index (χ0v) is 23.1. The number of allylic oxidation sites excluding steroid dienone is 1. The average Bonchev–Trinajstić information content (AvgIpc) is 2.97. The Hall–Kier alpha value is -1.29. The van der Waals surface area contributed by atoms with E-state index in [1.165, 1.54) is 5.57 Å². The first-order valence-electron chi connectivity index (χ1n) is 14.5. The maximum atomic E-state index is 14.4. The first-order chi connectivity index (χ1) is 18.0. The number of fused-ring (bicyclic) bond motifs is 1. The van der Waals surface area contributed by atoms with Crippen molar-refractivity contribution in [3.8, 4) is 0 Å². The minimum Gasteiger partial charge on any atom is -0.469 e. The van der Waals surface area contributed by atoms with Crippen molar-refractivity contribution in [2.24, 2.45) is 34.0 Å². The average molecular weight is 531 g/mol. The summed E-state index contributed by atoms with van der Waals surface area (Å²) in [5, 5.41) is 21.6. The Morgan fingerprint density at radius 1 is 1.13 bits per heavy atom. The fourth-order valence-electron chi connectivity index (χ4n) is 10.2. The van der Waals surface area contributed by atoms with E-state index in [2.05, 4.69) is 20.4 Å². The summed E-state index contributed by atoms with van der Waals surface area (Å²) in [7, 11) is 0. The van der Waals surface area contributed by atoms with Gasteiger partial charge in [0.15, 0.2) is 17.9 Å². The summed E-state index contributed by atoms with van der Waals surface area (Å²) in [6.45, 7) is 13.4. The van der Waals surface area contributed by atoms with Crippen LogP contribution in [0.1, 0.15) is 72.6 Å². The molecule has 3 saturated heterocycles. The summed E-state index contributed by atoms with van der Waals surface area (Å²) in [4.78, 5) is 14.4. The van der Waals surface area contributed by atoms with E-state index < -0.39 is 40.9 Å². The normalized spacial score (nSPS) is 49.3. The van der Waals surface area contributed by atoms with Crippen molar-refractivity contribution in [2.45, 2.75) is 103 Å². The molecule has 0 aromatic heterocycles. The van der Waals surface area contributed by atoms with Gasteiger partial charge in [-0.25, -0.2) is 0 Å². The third-order valence-corrected chi connectivity index (χ3v) is 11.1. The highest BCUT2D eigenvalue weighted by atomic mass is 16.8. The second kappa shape index (κ2) is 7.92. The van der Waals surface area contributed by atoms with Gasteiger partial charge in [0, 0.05) is 24.9 Å². The largest absolute Gasteiger partial charge is 0.469 e. The monoisotopic (exact) mass is 530 g/mol. The van der Waals surface area contributed by atoms with Crippen LogP contribution >= 0.6 is 0 Å². The SMILES string of the molecule is C=C1C(=O)[C@@]23[C@@H]4OC(C)(C)O[C@@]25OC[C@]2(C6=C(CC[C@H](OCCCCO)O6)CC(C)(C)[C@H]2[C@@H]5O)[C@@H]3CC[C@@H]14. The van der Waals surface area contributed by atoms with Crippen LogP contribution in [0.2, 0.25) is 0 Å². The standard InChI is InChI=1S/C30H42O8/c1-16-18-9-10-19-28-15-35-30(29(19,22(16)32)25(18)37-27(4,5)38-30)23(33)21(28)26(2,3)14-17-8-11-20(36-24(17)28)34-13-7-6-12-31/h18-21,23,25,31,33H,1,6-15H2,2-5H3/t18-,19-,20+,21+,23-,25+,28-,29-,30+/m0/s1. The number of carbonyl (C=O) groups excluding carboxylic acids is 1. The molecule has 8 heteroatoms. The third kappa shape index (κ3) is 2.80. The summed E-state index contributed by atoms with van der Waals surface area (Å²) in [5.41, 5.74) is -0.285. The van der Waals surface area contributed by atoms with Gasteiger partial charge in [-0.15, -0.1) is 0 Å². The van der Waals surface area contributed by atoms with Crippen molar-refractivity contribution >= 4 is 5.78 Å². The highest BCUT2D eigenvalue weighted by Crippen LogP contribution is 2.80. The third-order valence-electron chi connectivity index (χ3n) is 11.1. The molecule has 2 N–H and O–H groups in total. The van der Waals surface area contributed by atoms with Crippen molar-refractivity contribution in [1.29, 1.82) is 0 Å². The molecule has 0 amide bonds. The maximum absolute atomic E-state index is 14.4. The van der Waals surface area contributed by atoms with Crippen molar-refractivity contribution in [3.05, 3.63) is 23.5 Å². The lowest BCUT2D eigenvalue weighted by molar-refractivity contribution is -0.527. The number of aliphatic hydroxyl groups is 2. The molecule has 0 aromatic carbocycles. The Kier molecular flexibility index (Phi) is 5.35. The first-order valence-corrected chi connectivity index (χ1v) is 14.5. The van der Waals surface area contributed by atoms with Gasteiger partial charge in [-0.2, -0.15) is 0 Å². The molecular formula is C30H42O8. The molecule has 38 heavy (non-hydrogen) atoms. The van der Waals surface area contributed by atoms with Crippen LogP contribution in [0.4, 0.5) is 0 Å². The summed E-state index contributed by atoms with van der Waals surface area (Å²) in [6.07, 6.45) is 3.60. The van der Waals surface area contributed by atoms with E-state index in [1.54, 1.807) is 0 Å². The lowest BCUT2D eigenvalue weighted by Gasteiger charge is -2.77. The number of ketones is 1. The second-order valence-corrected chi connectivity index (χ2v) is 13.9. The minimum atomic E-state index is -1.49. The molecule has 6 fully saturated rings. The molecule has 210 valence electrons. The van der Waals surface area contributed by atoms with Gasteiger partial charge in [0.05, 0.1) is 24.7 Å². The van der Waals surface area contributed by atoms with E-state index in [9.17, 15) is 9.90 Å². The lowest BCUT2D eigenvalue weighted by atomic mass is 9.36. The van der Waals surface area contributed by atoms with Crippen LogP contribution in [-0.2, 0) is 28.5 Å². The van der Waals surface area contributed by atoms with E-state index in [1.807, 2.05) is 13.8 Å². The molecular weight excluding hydrogens is 488 g/mol. The molecule has 0 unspecified atom stereocenters. The van der Waals surface area contributed by atoms with Crippen LogP contribution in [0.15, 0.2) is 23.5 Å². The topological polar surface area (TPSA) is 104 Å². The van der Waals surface area contributed by atoms with Gasteiger partial charge in [-0.05, 0) is 74.9 Å². The van der Waals surface area contributed by atoms with E-state index in [-0.39, 0.29) is 35.6 Å². The van der Waals surface area contributed by atoms with Gasteiger partial charge < -0.3 is 33.9 Å². The maximum Gasteiger partial charge on any atom is 0.213 e. The second-order valence-electron chi connectivity index (χ2n) is 13.9. The number of ether oxygens (including phenoxy) is 5. The highest BCUT2D eigenvalue weighted by Gasteiger charge is 2.90. The van der Waals surface area contributed by atoms with E-state index in [0.29, 0.717) is 25.2 Å². The molecule has 4 heterocycles. The molecule has 9 atom stereocenters. The Morgan fingerprint density at radius 3 is 2.68 bits per heavy atom. The molecule has 8 aliphatic rings. The van der Waals surface area contributed by atoms with Crippen molar-refractivity contribution < 1.29 is 38.7 Å². The molecule has 8 nitrogen and oxygen atoms in total. The van der Waals surface area contributed by atoms with Crippen LogP contribution < -0.4 is 0 Å². The van der Waals surface area contributed by atoms with Gasteiger partial charge in [0.1, 0.15) is 17.3 Å². The summed E-state index contributed by atoms with van der Waals surface area (Å²) < 4.78 is 32.9. The molecule has 0 radical (unpaired) electrons. The van der Waals surface area contributed by atoms with Gasteiger partial charge >= 0.3 is 0 Å². The molecule has 4 aliphatic heterocycles. The number of unbranched alkanes of at least 4 members (excludes halogenated alkanes) is 1. The van der Waals surface area contributed by atoms with E-state index in [4.69, 9.17) is 28.8 Å². The smallest absolute Gasteiger partial charge is 0.213 e. The van der Waals surface area contributed by atoms with Crippen LogP contribution in [0.3, 0.4) is 0 Å². The zero-order chi connectivity index (χ0) is 26.9. The number of hydrogen-bond acceptors (Lipinski definition) is 8. The molecule has 3 saturated carbocycles. The van der Waals surface area contributed by atoms with Gasteiger partial charge in [-0.3, -0.25) is 4.79 Å². The summed E-state index contributed by atoms with van der Waals surface area (Å²) in [6, 6.07) is 0. The van der Waals surface area contributed by atoms with E-state index in [0.717, 1.165) is 44.3 Å². The molecule has 3 spiro atoms. The zero-order valence-electron chi connectivity index (χ0n) is 23.1. The fourth-order valence-corrected chi connectivity index (χ4v) is 10.2. The summed E-state index contributed by atoms with van der Waals surface area (Å²) >= 11 is 0. The van der Waals surface area contributed by atoms with Crippen molar-refractivity contribution in [1.82, 2.24) is 0 Å². The molecule has 0 aromatic rings. The number of carbonyl (C=O) groups is 1. The van der Waals surface area contributed by atoms with Crippen molar-refractivity contribution in [3.63, 3.8) is 0 Å². The van der Waals surface area contributed by atoms with Crippen LogP contribution in [-0.4, -0.2) is 65.9 Å². The Morgan fingerprint density at radius 2 is 1.92 bits per heavy atom. The van der Waals surface area contributed by atoms with Crippen LogP contribution in [0.5, 0.6) is 0 Å². The number of Topliss-reactive ketones (excluding diaryl/α,β-unsaturated/α-hetero) is 1. The van der Waals surface area contributed by atoms with Crippen LogP contribution in [0.25, 0.3) is 0 Å². The number of rotatable bonds is 5. The molecule has 4 bridgehead atoms. The predicted octanol–water partition coefficient (Wildman–Crippen LogP) is 3.60. The first kappa shape index (κ1) is 25.7. The number of hydrogen-bond donors (Lipinski definition) is 2. The predicted molar refractivity (Wildman–Crippen MR) is 135 cm³/mol. The Balaban J connectivity index is 1.39. The minimum absolute atomic E-state index is 0.0692. The Labute approximate surface area is 224 Å². The lowest BCUT2D eigenvalue weighted by Crippen LogP contribution is -2.87. The quantitative estimate of drug-likeness (QED) is 0.411. The molecule has 8 rings (SSSR count). The van der Waals surface area contributed by atoms with Crippen LogP contribution in [0, 0.1) is 34.0 Å². The number of aliphatic hydroxyl groups excluding tert-OH is 2. The van der Waals surface area contributed by atoms with E-state index >= 15 is 0 Å². The Bertz CT molecular complexity index is 1110. The fraction of sp³-hybridized carbons (Fsp3) is 0.833. The van der Waals surface area contributed by atoms with Gasteiger partial charge in [-0.1, -0.05) is 20.4 Å². The van der Waals surface area contributed by atoms with Gasteiger partial charge in [0.2, 0.25) is 5.79 Å². The molecule has 4 aliphatic carbocycles. The van der Waals surface area contributed by atoms with Crippen molar-refractivity contribution in [2.75, 3.05) is 19.8 Å². The van der Waals surface area contributed by atoms with Gasteiger partial charge in [0.25, 0.3) is 0 Å². The summed E-state index contributed by atoms with van der Waals surface area (Å²) in [5.74, 6) is -2.20. The highest BCUT2D eigenvalue weighted by molar-refractivity contribution is 6.05.